The van der Waals surface area contributed by atoms with Gasteiger partial charge in [0, 0.05) is 41.7 Å². The molecule has 6 heteroatoms. The van der Waals surface area contributed by atoms with Crippen LogP contribution in [0.25, 0.3) is 0 Å². The van der Waals surface area contributed by atoms with Gasteiger partial charge in [-0.3, -0.25) is 9.78 Å². The highest BCUT2D eigenvalue weighted by molar-refractivity contribution is 6.01. The molecule has 4 aliphatic rings. The fourth-order valence-electron chi connectivity index (χ4n) is 6.32. The van der Waals surface area contributed by atoms with Gasteiger partial charge in [0.1, 0.15) is 0 Å². The van der Waals surface area contributed by atoms with Crippen LogP contribution in [0, 0.1) is 5.41 Å². The van der Waals surface area contributed by atoms with E-state index in [1.54, 1.807) is 0 Å². The summed E-state index contributed by atoms with van der Waals surface area (Å²) in [5.41, 5.74) is 7.24. The van der Waals surface area contributed by atoms with Crippen molar-refractivity contribution in [3.05, 3.63) is 76.9 Å². The summed E-state index contributed by atoms with van der Waals surface area (Å²) < 4.78 is 0. The van der Waals surface area contributed by atoms with Crippen molar-refractivity contribution in [3.8, 4) is 0 Å². The molecule has 1 aliphatic carbocycles. The minimum absolute atomic E-state index is 0.0620. The van der Waals surface area contributed by atoms with Crippen LogP contribution < -0.4 is 10.2 Å². The van der Waals surface area contributed by atoms with E-state index in [2.05, 4.69) is 76.5 Å². The topological polar surface area (TPSA) is 70.0 Å². The van der Waals surface area contributed by atoms with E-state index in [0.717, 1.165) is 53.9 Å². The lowest BCUT2D eigenvalue weighted by Crippen LogP contribution is -2.51. The predicted octanol–water partition coefficient (Wildman–Crippen LogP) is 5.35. The second-order valence-electron chi connectivity index (χ2n) is 10.4. The second kappa shape index (κ2) is 7.11. The second-order valence-corrected chi connectivity index (χ2v) is 10.4. The Bertz CT molecular complexity index is 1260. The zero-order chi connectivity index (χ0) is 22.8. The van der Waals surface area contributed by atoms with Crippen LogP contribution >= 0.6 is 0 Å². The Hall–Kier alpha value is -3.28. The molecule has 2 aromatic rings. The smallest absolute Gasteiger partial charge is 0.164 e. The summed E-state index contributed by atoms with van der Waals surface area (Å²) in [6, 6.07) is 10.8. The summed E-state index contributed by atoms with van der Waals surface area (Å²) in [7, 11) is 0. The molecule has 1 aromatic heterocycles. The molecule has 4 heterocycles. The molecule has 6 rings (SSSR count). The summed E-state index contributed by atoms with van der Waals surface area (Å²) >= 11 is 0. The number of aromatic nitrogens is 1. The number of azo groups is 1. The van der Waals surface area contributed by atoms with Crippen molar-refractivity contribution in [2.24, 2.45) is 15.6 Å². The van der Waals surface area contributed by atoms with E-state index in [9.17, 15) is 4.79 Å². The first-order chi connectivity index (χ1) is 15.9. The van der Waals surface area contributed by atoms with Gasteiger partial charge in [-0.1, -0.05) is 32.9 Å². The van der Waals surface area contributed by atoms with Crippen LogP contribution in [0.1, 0.15) is 51.2 Å². The number of Topliss-reactive ketones (excluding diaryl/α,β-unsaturated/α-hetero) is 1. The Morgan fingerprint density at radius 2 is 2.09 bits per heavy atom. The van der Waals surface area contributed by atoms with Crippen LogP contribution in [-0.4, -0.2) is 23.5 Å². The molecule has 0 spiro atoms. The molecule has 0 radical (unpaired) electrons. The van der Waals surface area contributed by atoms with E-state index in [1.807, 2.05) is 18.6 Å². The molecule has 33 heavy (non-hydrogen) atoms. The molecular formula is C27H29N5O. The number of hydrogen-bond donors (Lipinski definition) is 1. The zero-order valence-corrected chi connectivity index (χ0v) is 19.4. The van der Waals surface area contributed by atoms with Crippen LogP contribution in [0.5, 0.6) is 0 Å². The SMILES string of the molecule is CC[C@]1(c2cccc(N3CCc4ccncc43)c2)C2=CN=NC2NC2=C1C(=O)CC(C)(C)C2. The van der Waals surface area contributed by atoms with E-state index in [1.165, 1.54) is 11.3 Å². The van der Waals surface area contributed by atoms with Crippen molar-refractivity contribution in [1.82, 2.24) is 10.3 Å². The average Bonchev–Trinajstić information content (AvgIpc) is 3.44. The molecule has 0 amide bonds. The molecule has 1 N–H and O–H groups in total. The third-order valence-corrected chi connectivity index (χ3v) is 7.74. The standard InChI is InChI=1S/C27H29N5O/c1-4-27(18-6-5-7-19(12-18)32-11-9-17-8-10-28-16-22(17)32)20-15-29-31-25(20)30-21-13-26(2,3)14-23(33)24(21)27/h5-8,10,12,15-16,25,30H,4,9,11,13-14H2,1-3H3/t25?,27-/m0/s1. The Morgan fingerprint density at radius 3 is 2.94 bits per heavy atom. The van der Waals surface area contributed by atoms with Crippen molar-refractivity contribution in [1.29, 1.82) is 0 Å². The third kappa shape index (κ3) is 2.93. The Kier molecular flexibility index (Phi) is 4.38. The fourth-order valence-corrected chi connectivity index (χ4v) is 6.32. The molecular weight excluding hydrogens is 410 g/mol. The number of nitrogens with one attached hydrogen (secondary N) is 1. The molecule has 6 nitrogen and oxygen atoms in total. The number of anilines is 2. The lowest BCUT2D eigenvalue weighted by molar-refractivity contribution is -0.119. The number of allylic oxidation sites excluding steroid dienone is 2. The van der Waals surface area contributed by atoms with Crippen molar-refractivity contribution >= 4 is 17.2 Å². The van der Waals surface area contributed by atoms with Gasteiger partial charge in [0.15, 0.2) is 11.9 Å². The number of ketones is 1. The number of hydrogen-bond acceptors (Lipinski definition) is 6. The zero-order valence-electron chi connectivity index (χ0n) is 19.4. The number of rotatable bonds is 3. The highest BCUT2D eigenvalue weighted by Crippen LogP contribution is 2.54. The molecule has 2 atom stereocenters. The van der Waals surface area contributed by atoms with E-state index >= 15 is 0 Å². The largest absolute Gasteiger partial charge is 0.362 e. The molecule has 168 valence electrons. The molecule has 3 aliphatic heterocycles. The number of nitrogens with zero attached hydrogens (tertiary/aromatic N) is 4. The Balaban J connectivity index is 1.53. The number of fused-ring (bicyclic) bond motifs is 2. The van der Waals surface area contributed by atoms with Gasteiger partial charge in [0.2, 0.25) is 0 Å². The first-order valence-corrected chi connectivity index (χ1v) is 11.9. The monoisotopic (exact) mass is 439 g/mol. The van der Waals surface area contributed by atoms with Crippen LogP contribution in [0.4, 0.5) is 11.4 Å². The maximum absolute atomic E-state index is 13.7. The normalized spacial score (nSPS) is 27.1. The lowest BCUT2D eigenvalue weighted by atomic mass is 9.59. The van der Waals surface area contributed by atoms with Gasteiger partial charge < -0.3 is 10.2 Å². The first kappa shape index (κ1) is 20.3. The summed E-state index contributed by atoms with van der Waals surface area (Å²) in [5, 5.41) is 12.3. The number of carbonyl (C=O) groups is 1. The van der Waals surface area contributed by atoms with Crippen LogP contribution in [-0.2, 0) is 16.6 Å². The van der Waals surface area contributed by atoms with Crippen molar-refractivity contribution in [2.75, 3.05) is 11.4 Å². The van der Waals surface area contributed by atoms with Gasteiger partial charge in [-0.15, -0.1) is 0 Å². The van der Waals surface area contributed by atoms with E-state index < -0.39 is 5.41 Å². The maximum Gasteiger partial charge on any atom is 0.164 e. The number of pyridine rings is 1. The van der Waals surface area contributed by atoms with E-state index in [4.69, 9.17) is 0 Å². The first-order valence-electron chi connectivity index (χ1n) is 11.9. The highest BCUT2D eigenvalue weighted by Gasteiger charge is 2.53. The summed E-state index contributed by atoms with van der Waals surface area (Å²) in [4.78, 5) is 20.4. The van der Waals surface area contributed by atoms with Gasteiger partial charge >= 0.3 is 0 Å². The van der Waals surface area contributed by atoms with Gasteiger partial charge in [-0.25, -0.2) is 0 Å². The highest BCUT2D eigenvalue weighted by atomic mass is 16.1. The number of carbonyl (C=O) groups excluding carboxylic acids is 1. The quantitative estimate of drug-likeness (QED) is 0.700. The van der Waals surface area contributed by atoms with Crippen molar-refractivity contribution in [2.45, 2.75) is 58.0 Å². The fraction of sp³-hybridized carbons (Fsp3) is 0.407. The van der Waals surface area contributed by atoms with Crippen molar-refractivity contribution in [3.63, 3.8) is 0 Å². The van der Waals surface area contributed by atoms with Gasteiger partial charge in [0.05, 0.1) is 23.5 Å². The minimum Gasteiger partial charge on any atom is -0.362 e. The molecule has 0 fully saturated rings. The molecule has 1 aromatic carbocycles. The van der Waals surface area contributed by atoms with Crippen molar-refractivity contribution < 1.29 is 4.79 Å². The van der Waals surface area contributed by atoms with E-state index in [0.29, 0.717) is 6.42 Å². The van der Waals surface area contributed by atoms with Crippen LogP contribution in [0.3, 0.4) is 0 Å². The predicted molar refractivity (Wildman–Crippen MR) is 128 cm³/mol. The lowest BCUT2D eigenvalue weighted by Gasteiger charge is -2.48. The van der Waals surface area contributed by atoms with Crippen LogP contribution in [0.15, 0.2) is 76.0 Å². The van der Waals surface area contributed by atoms with Gasteiger partial charge in [0.25, 0.3) is 0 Å². The van der Waals surface area contributed by atoms with Gasteiger partial charge in [-0.2, -0.15) is 10.2 Å². The summed E-state index contributed by atoms with van der Waals surface area (Å²) in [6.07, 6.45) is 8.70. The van der Waals surface area contributed by atoms with E-state index in [-0.39, 0.29) is 17.4 Å². The van der Waals surface area contributed by atoms with Crippen LogP contribution in [0.2, 0.25) is 0 Å². The molecule has 0 bridgehead atoms. The summed E-state index contributed by atoms with van der Waals surface area (Å²) in [6.45, 7) is 7.46. The molecule has 0 saturated heterocycles. The summed E-state index contributed by atoms with van der Waals surface area (Å²) in [5.74, 6) is 0.239. The number of benzene rings is 1. The maximum atomic E-state index is 13.7. The molecule has 0 saturated carbocycles. The average molecular weight is 440 g/mol. The third-order valence-electron chi connectivity index (χ3n) is 7.74. The minimum atomic E-state index is -0.518. The van der Waals surface area contributed by atoms with Gasteiger partial charge in [-0.05, 0) is 54.0 Å². The molecule has 1 unspecified atom stereocenters. The Morgan fingerprint density at radius 1 is 1.21 bits per heavy atom. The Labute approximate surface area is 194 Å².